The van der Waals surface area contributed by atoms with Crippen LogP contribution >= 0.6 is 11.9 Å². The van der Waals surface area contributed by atoms with E-state index in [2.05, 4.69) is 57.5 Å². The SMILES string of the molecule is CC.CC(C)C1NSc2cc(C(C)(C)C)ccc21. The lowest BCUT2D eigenvalue weighted by Gasteiger charge is -2.20. The molecule has 0 aliphatic carbocycles. The minimum Gasteiger partial charge on any atom is -0.252 e. The lowest BCUT2D eigenvalue weighted by Crippen LogP contribution is -2.14. The molecular weight excluding hydrogens is 238 g/mol. The van der Waals surface area contributed by atoms with Gasteiger partial charge in [0.05, 0.1) is 0 Å². The van der Waals surface area contributed by atoms with E-state index < -0.39 is 0 Å². The first-order valence-electron chi connectivity index (χ1n) is 6.96. The average molecular weight is 265 g/mol. The van der Waals surface area contributed by atoms with Crippen molar-refractivity contribution in [1.82, 2.24) is 4.72 Å². The molecule has 0 amide bonds. The predicted octanol–water partition coefficient (Wildman–Crippen LogP) is 5.32. The van der Waals surface area contributed by atoms with Crippen molar-refractivity contribution in [3.63, 3.8) is 0 Å². The highest BCUT2D eigenvalue weighted by molar-refractivity contribution is 7.97. The van der Waals surface area contributed by atoms with Crippen molar-refractivity contribution < 1.29 is 0 Å². The van der Waals surface area contributed by atoms with Gasteiger partial charge in [0.2, 0.25) is 0 Å². The minimum absolute atomic E-state index is 0.242. The van der Waals surface area contributed by atoms with Crippen molar-refractivity contribution in [2.75, 3.05) is 0 Å². The average Bonchev–Trinajstić information content (AvgIpc) is 2.73. The monoisotopic (exact) mass is 265 g/mol. The van der Waals surface area contributed by atoms with Gasteiger partial charge in [0, 0.05) is 10.9 Å². The van der Waals surface area contributed by atoms with Gasteiger partial charge in [-0.2, -0.15) is 0 Å². The third kappa shape index (κ3) is 3.30. The van der Waals surface area contributed by atoms with Crippen molar-refractivity contribution in [3.8, 4) is 0 Å². The summed E-state index contributed by atoms with van der Waals surface area (Å²) in [6, 6.07) is 7.43. The first-order chi connectivity index (χ1) is 8.39. The van der Waals surface area contributed by atoms with E-state index in [-0.39, 0.29) is 5.41 Å². The fourth-order valence-corrected chi connectivity index (χ4v) is 3.18. The molecule has 0 saturated heterocycles. The van der Waals surface area contributed by atoms with Crippen molar-refractivity contribution >= 4 is 11.9 Å². The molecule has 2 heteroatoms. The Morgan fingerprint density at radius 1 is 1.17 bits per heavy atom. The number of benzene rings is 1. The molecule has 1 aromatic carbocycles. The number of rotatable bonds is 1. The standard InChI is InChI=1S/C14H21NS.C2H6/c1-9(2)13-11-7-6-10(14(3,4)5)8-12(11)16-15-13;1-2/h6-9,13,15H,1-5H3;1-2H3. The molecule has 1 unspecified atom stereocenters. The third-order valence-electron chi connectivity index (χ3n) is 3.18. The van der Waals surface area contributed by atoms with E-state index >= 15 is 0 Å². The van der Waals surface area contributed by atoms with Gasteiger partial charge < -0.3 is 0 Å². The highest BCUT2D eigenvalue weighted by Gasteiger charge is 2.26. The van der Waals surface area contributed by atoms with Crippen LogP contribution in [0.5, 0.6) is 0 Å². The van der Waals surface area contributed by atoms with Gasteiger partial charge in [-0.25, -0.2) is 0 Å². The molecule has 102 valence electrons. The van der Waals surface area contributed by atoms with Crippen LogP contribution in [0.1, 0.15) is 65.6 Å². The van der Waals surface area contributed by atoms with Crippen LogP contribution in [-0.2, 0) is 5.41 Å². The Morgan fingerprint density at radius 3 is 2.28 bits per heavy atom. The zero-order valence-electron chi connectivity index (χ0n) is 12.8. The maximum absolute atomic E-state index is 3.52. The fourth-order valence-electron chi connectivity index (χ4n) is 2.03. The molecule has 2 rings (SSSR count). The molecule has 1 nitrogen and oxygen atoms in total. The molecule has 0 fully saturated rings. The fraction of sp³-hybridized carbons (Fsp3) is 0.625. The zero-order valence-corrected chi connectivity index (χ0v) is 13.6. The Hall–Kier alpha value is -0.470. The summed E-state index contributed by atoms with van der Waals surface area (Å²) in [5.74, 6) is 0.647. The molecule has 1 aliphatic heterocycles. The van der Waals surface area contributed by atoms with E-state index in [9.17, 15) is 0 Å². The lowest BCUT2D eigenvalue weighted by molar-refractivity contribution is 0.490. The van der Waals surface area contributed by atoms with Crippen LogP contribution in [0.15, 0.2) is 23.1 Å². The molecule has 0 bridgehead atoms. The second-order valence-corrected chi connectivity index (χ2v) is 6.82. The van der Waals surface area contributed by atoms with Gasteiger partial charge in [0.15, 0.2) is 0 Å². The Kier molecular flexibility index (Phi) is 5.30. The van der Waals surface area contributed by atoms with Crippen LogP contribution in [0.4, 0.5) is 0 Å². The Balaban J connectivity index is 0.000000771. The molecule has 1 heterocycles. The molecule has 18 heavy (non-hydrogen) atoms. The van der Waals surface area contributed by atoms with Gasteiger partial charge in [-0.15, -0.1) is 0 Å². The maximum Gasteiger partial charge on any atom is 0.0459 e. The number of hydrogen-bond donors (Lipinski definition) is 1. The quantitative estimate of drug-likeness (QED) is 0.690. The summed E-state index contributed by atoms with van der Waals surface area (Å²) in [7, 11) is 0. The Morgan fingerprint density at radius 2 is 1.78 bits per heavy atom. The first-order valence-corrected chi connectivity index (χ1v) is 7.78. The largest absolute Gasteiger partial charge is 0.252 e. The first kappa shape index (κ1) is 15.6. The molecule has 1 N–H and O–H groups in total. The summed E-state index contributed by atoms with van der Waals surface area (Å²) >= 11 is 1.78. The van der Waals surface area contributed by atoms with Crippen molar-refractivity contribution in [1.29, 1.82) is 0 Å². The minimum atomic E-state index is 0.242. The van der Waals surface area contributed by atoms with Gasteiger partial charge in [0.1, 0.15) is 0 Å². The van der Waals surface area contributed by atoms with Crippen LogP contribution in [0, 0.1) is 5.92 Å². The number of hydrogen-bond acceptors (Lipinski definition) is 2. The van der Waals surface area contributed by atoms with E-state index in [1.807, 2.05) is 13.8 Å². The van der Waals surface area contributed by atoms with E-state index in [1.165, 1.54) is 16.0 Å². The van der Waals surface area contributed by atoms with Crippen LogP contribution in [0.25, 0.3) is 0 Å². The normalized spacial score (nSPS) is 18.3. The molecule has 0 saturated carbocycles. The topological polar surface area (TPSA) is 12.0 Å². The zero-order chi connectivity index (χ0) is 13.9. The smallest absolute Gasteiger partial charge is 0.0459 e. The lowest BCUT2D eigenvalue weighted by atomic mass is 9.85. The van der Waals surface area contributed by atoms with Crippen molar-refractivity contribution in [2.45, 2.75) is 64.8 Å². The van der Waals surface area contributed by atoms with Gasteiger partial charge in [0.25, 0.3) is 0 Å². The van der Waals surface area contributed by atoms with Gasteiger partial charge in [-0.05, 0) is 40.5 Å². The second kappa shape index (κ2) is 6.12. The predicted molar refractivity (Wildman–Crippen MR) is 83.1 cm³/mol. The van der Waals surface area contributed by atoms with Gasteiger partial charge in [-0.1, -0.05) is 60.6 Å². The Labute approximate surface area is 117 Å². The summed E-state index contributed by atoms with van der Waals surface area (Å²) in [5, 5.41) is 0. The summed E-state index contributed by atoms with van der Waals surface area (Å²) in [6.07, 6.45) is 0. The summed E-state index contributed by atoms with van der Waals surface area (Å²) in [6.45, 7) is 15.3. The highest BCUT2D eigenvalue weighted by Crippen LogP contribution is 2.40. The molecule has 1 aromatic rings. The molecular formula is C16H27NS. The number of nitrogens with one attached hydrogen (secondary N) is 1. The molecule has 0 aromatic heterocycles. The number of fused-ring (bicyclic) bond motifs is 1. The van der Waals surface area contributed by atoms with Crippen LogP contribution in [-0.4, -0.2) is 0 Å². The van der Waals surface area contributed by atoms with Crippen LogP contribution < -0.4 is 4.72 Å². The third-order valence-corrected chi connectivity index (χ3v) is 4.12. The summed E-state index contributed by atoms with van der Waals surface area (Å²) < 4.78 is 3.52. The molecule has 1 atom stereocenters. The van der Waals surface area contributed by atoms with Crippen molar-refractivity contribution in [2.24, 2.45) is 5.92 Å². The molecule has 0 radical (unpaired) electrons. The van der Waals surface area contributed by atoms with E-state index in [1.54, 1.807) is 11.9 Å². The van der Waals surface area contributed by atoms with E-state index in [0.717, 1.165) is 0 Å². The summed E-state index contributed by atoms with van der Waals surface area (Å²) in [5.41, 5.74) is 3.13. The Bertz CT molecular complexity index is 391. The van der Waals surface area contributed by atoms with Gasteiger partial charge >= 0.3 is 0 Å². The van der Waals surface area contributed by atoms with Crippen molar-refractivity contribution in [3.05, 3.63) is 29.3 Å². The van der Waals surface area contributed by atoms with E-state index in [0.29, 0.717) is 12.0 Å². The molecule has 1 aliphatic rings. The maximum atomic E-state index is 3.52. The van der Waals surface area contributed by atoms with Gasteiger partial charge in [-0.3, -0.25) is 4.72 Å². The summed E-state index contributed by atoms with van der Waals surface area (Å²) in [4.78, 5) is 1.41. The highest BCUT2D eigenvalue weighted by atomic mass is 32.2. The van der Waals surface area contributed by atoms with Crippen LogP contribution in [0.3, 0.4) is 0 Å². The van der Waals surface area contributed by atoms with Crippen LogP contribution in [0.2, 0.25) is 0 Å². The molecule has 0 spiro atoms. The van der Waals surface area contributed by atoms with E-state index in [4.69, 9.17) is 0 Å². The second-order valence-electron chi connectivity index (χ2n) is 5.94.